The van der Waals surface area contributed by atoms with E-state index in [1.807, 2.05) is 42.5 Å². The maximum atomic E-state index is 6.90. The normalized spacial score (nSPS) is 11.8. The Labute approximate surface area is 333 Å². The topological polar surface area (TPSA) is 56.7 Å². The van der Waals surface area contributed by atoms with Crippen LogP contribution < -0.4 is 0 Å². The fourth-order valence-corrected chi connectivity index (χ4v) is 8.77. The number of benzene rings is 8. The molecule has 0 saturated heterocycles. The molecule has 4 aromatic heterocycles. The number of para-hydroxylation sites is 4. The highest BCUT2D eigenvalue weighted by Gasteiger charge is 2.24. The molecule has 0 spiro atoms. The van der Waals surface area contributed by atoms with Crippen molar-refractivity contribution in [3.63, 3.8) is 0 Å². The molecule has 12 rings (SSSR count). The molecule has 8 aromatic carbocycles. The van der Waals surface area contributed by atoms with Crippen LogP contribution in [-0.4, -0.2) is 19.5 Å². The molecule has 0 atom stereocenters. The first-order chi connectivity index (χ1) is 28.8. The van der Waals surface area contributed by atoms with Crippen LogP contribution >= 0.6 is 0 Å². The summed E-state index contributed by atoms with van der Waals surface area (Å²) in [4.78, 5) is 15.9. The number of rotatable bonds is 5. The van der Waals surface area contributed by atoms with Crippen LogP contribution in [0.5, 0.6) is 0 Å². The number of hydrogen-bond donors (Lipinski definition) is 0. The van der Waals surface area contributed by atoms with E-state index >= 15 is 0 Å². The Hall–Kier alpha value is -7.89. The van der Waals surface area contributed by atoms with Gasteiger partial charge >= 0.3 is 0 Å². The van der Waals surface area contributed by atoms with Gasteiger partial charge < -0.3 is 8.98 Å². The van der Waals surface area contributed by atoms with E-state index in [1.54, 1.807) is 0 Å². The number of hydrogen-bond acceptors (Lipinski definition) is 4. The fraction of sp³-hybridized carbons (Fsp3) is 0. The smallest absolute Gasteiger partial charge is 0.160 e. The van der Waals surface area contributed by atoms with Gasteiger partial charge in [0, 0.05) is 65.6 Å². The Balaban J connectivity index is 1.20. The standard InChI is InChI=1S/C53H32N4O/c1-4-16-33(17-5-1)44-32-45(56-53(55-44)34-18-6-2-7-19-34)41-31-42-49(50-39-24-12-15-27-48(39)58-52(41)50)38-23-10-13-25-43(38)54-51(42)35-28-29-47-40(30-35)37-22-11-14-26-46(37)57(47)36-20-8-3-9-21-36/h1-32H. The molecule has 0 saturated carbocycles. The highest BCUT2D eigenvalue weighted by Crippen LogP contribution is 2.46. The summed E-state index contributed by atoms with van der Waals surface area (Å²) >= 11 is 0. The van der Waals surface area contributed by atoms with Crippen LogP contribution in [0, 0.1) is 0 Å². The third-order valence-corrected chi connectivity index (χ3v) is 11.4. The molecule has 5 heteroatoms. The largest absolute Gasteiger partial charge is 0.455 e. The van der Waals surface area contributed by atoms with E-state index in [2.05, 4.69) is 156 Å². The van der Waals surface area contributed by atoms with Crippen molar-refractivity contribution in [1.29, 1.82) is 0 Å². The molecule has 0 amide bonds. The van der Waals surface area contributed by atoms with Gasteiger partial charge in [-0.15, -0.1) is 0 Å². The molecule has 0 radical (unpaired) electrons. The second kappa shape index (κ2) is 12.8. The average molecular weight is 741 g/mol. The van der Waals surface area contributed by atoms with Gasteiger partial charge in [0.1, 0.15) is 11.2 Å². The van der Waals surface area contributed by atoms with E-state index in [4.69, 9.17) is 19.4 Å². The van der Waals surface area contributed by atoms with E-state index in [0.717, 1.165) is 94.2 Å². The zero-order chi connectivity index (χ0) is 38.2. The van der Waals surface area contributed by atoms with Crippen LogP contribution in [0.25, 0.3) is 116 Å². The zero-order valence-corrected chi connectivity index (χ0v) is 31.2. The summed E-state index contributed by atoms with van der Waals surface area (Å²) in [5.41, 5.74) is 12.4. The molecule has 0 aliphatic carbocycles. The van der Waals surface area contributed by atoms with Crippen LogP contribution in [0.3, 0.4) is 0 Å². The van der Waals surface area contributed by atoms with Crippen LogP contribution in [0.15, 0.2) is 199 Å². The minimum atomic E-state index is 0.651. The molecule has 0 N–H and O–H groups in total. The summed E-state index contributed by atoms with van der Waals surface area (Å²) in [5.74, 6) is 0.651. The lowest BCUT2D eigenvalue weighted by molar-refractivity contribution is 0.670. The molecule has 5 nitrogen and oxygen atoms in total. The maximum absolute atomic E-state index is 6.90. The highest BCUT2D eigenvalue weighted by atomic mass is 16.3. The average Bonchev–Trinajstić information content (AvgIpc) is 3.85. The first kappa shape index (κ1) is 32.4. The Bertz CT molecular complexity index is 3500. The SMILES string of the molecule is c1ccc(-c2cc(-c3cc4c(-c5ccc6c(c5)c5ccccc5n6-c5ccccc5)nc5ccccc5c4c4c3oc3ccccc34)nc(-c3ccccc3)n2)cc1. The van der Waals surface area contributed by atoms with Crippen molar-refractivity contribution in [2.75, 3.05) is 0 Å². The number of aromatic nitrogens is 4. The van der Waals surface area contributed by atoms with Gasteiger partial charge in [0.25, 0.3) is 0 Å². The highest BCUT2D eigenvalue weighted by molar-refractivity contribution is 6.30. The van der Waals surface area contributed by atoms with E-state index < -0.39 is 0 Å². The van der Waals surface area contributed by atoms with E-state index in [0.29, 0.717) is 5.82 Å². The maximum Gasteiger partial charge on any atom is 0.160 e. The Kier molecular flexibility index (Phi) is 7.16. The number of fused-ring (bicyclic) bond motifs is 10. The second-order valence-corrected chi connectivity index (χ2v) is 14.7. The van der Waals surface area contributed by atoms with Crippen molar-refractivity contribution < 1.29 is 4.42 Å². The number of furan rings is 1. The van der Waals surface area contributed by atoms with Crippen LogP contribution in [0.4, 0.5) is 0 Å². The van der Waals surface area contributed by atoms with Crippen molar-refractivity contribution in [2.24, 2.45) is 0 Å². The summed E-state index contributed by atoms with van der Waals surface area (Å²) in [6.45, 7) is 0. The zero-order valence-electron chi connectivity index (χ0n) is 31.2. The first-order valence-electron chi connectivity index (χ1n) is 19.5. The van der Waals surface area contributed by atoms with Gasteiger partial charge in [-0.2, -0.15) is 0 Å². The van der Waals surface area contributed by atoms with Gasteiger partial charge in [0.15, 0.2) is 5.82 Å². The molecule has 0 aliphatic heterocycles. The molecule has 0 unspecified atom stereocenters. The molecule has 0 fully saturated rings. The van der Waals surface area contributed by atoms with Crippen LogP contribution in [0.2, 0.25) is 0 Å². The summed E-state index contributed by atoms with van der Waals surface area (Å²) < 4.78 is 9.25. The first-order valence-corrected chi connectivity index (χ1v) is 19.5. The molecule has 4 heterocycles. The van der Waals surface area contributed by atoms with Crippen molar-refractivity contribution >= 4 is 65.4 Å². The second-order valence-electron chi connectivity index (χ2n) is 14.7. The van der Waals surface area contributed by atoms with Gasteiger partial charge in [0.2, 0.25) is 0 Å². The van der Waals surface area contributed by atoms with Crippen molar-refractivity contribution in [1.82, 2.24) is 19.5 Å². The lowest BCUT2D eigenvalue weighted by Crippen LogP contribution is -1.97. The quantitative estimate of drug-likeness (QED) is 0.165. The Morgan fingerprint density at radius 1 is 0.397 bits per heavy atom. The predicted molar refractivity (Wildman–Crippen MR) is 238 cm³/mol. The summed E-state index contributed by atoms with van der Waals surface area (Å²) in [5, 5.41) is 7.67. The Morgan fingerprint density at radius 3 is 1.84 bits per heavy atom. The van der Waals surface area contributed by atoms with Crippen molar-refractivity contribution in [3.05, 3.63) is 194 Å². The Morgan fingerprint density at radius 2 is 1.03 bits per heavy atom. The number of nitrogens with zero attached hydrogens (tertiary/aromatic N) is 4. The molecular weight excluding hydrogens is 709 g/mol. The lowest BCUT2D eigenvalue weighted by Gasteiger charge is -2.15. The summed E-state index contributed by atoms with van der Waals surface area (Å²) in [6, 6.07) is 67.6. The van der Waals surface area contributed by atoms with Crippen LogP contribution in [-0.2, 0) is 0 Å². The number of pyridine rings is 1. The van der Waals surface area contributed by atoms with E-state index in [9.17, 15) is 0 Å². The van der Waals surface area contributed by atoms with Crippen molar-refractivity contribution in [2.45, 2.75) is 0 Å². The van der Waals surface area contributed by atoms with Gasteiger partial charge in [-0.05, 0) is 54.6 Å². The third-order valence-electron chi connectivity index (χ3n) is 11.4. The lowest BCUT2D eigenvalue weighted by atomic mass is 9.92. The summed E-state index contributed by atoms with van der Waals surface area (Å²) in [7, 11) is 0. The predicted octanol–water partition coefficient (Wildman–Crippen LogP) is 13.8. The molecule has 270 valence electrons. The molecule has 0 aliphatic rings. The van der Waals surface area contributed by atoms with Crippen molar-refractivity contribution in [3.8, 4) is 50.8 Å². The third kappa shape index (κ3) is 5.00. The van der Waals surface area contributed by atoms with Crippen LogP contribution in [0.1, 0.15) is 0 Å². The minimum absolute atomic E-state index is 0.651. The van der Waals surface area contributed by atoms with Gasteiger partial charge in [-0.3, -0.25) is 0 Å². The monoisotopic (exact) mass is 740 g/mol. The van der Waals surface area contributed by atoms with Gasteiger partial charge in [-0.1, -0.05) is 140 Å². The van der Waals surface area contributed by atoms with E-state index in [-0.39, 0.29) is 0 Å². The summed E-state index contributed by atoms with van der Waals surface area (Å²) in [6.07, 6.45) is 0. The molecule has 0 bridgehead atoms. The molecule has 12 aromatic rings. The fourth-order valence-electron chi connectivity index (χ4n) is 8.77. The molecular formula is C53H32N4O. The van der Waals surface area contributed by atoms with E-state index in [1.165, 1.54) is 16.3 Å². The van der Waals surface area contributed by atoms with Gasteiger partial charge in [0.05, 0.1) is 33.6 Å². The molecule has 58 heavy (non-hydrogen) atoms. The van der Waals surface area contributed by atoms with Gasteiger partial charge in [-0.25, -0.2) is 15.0 Å². The minimum Gasteiger partial charge on any atom is -0.455 e.